The fourth-order valence-corrected chi connectivity index (χ4v) is 2.86. The topological polar surface area (TPSA) is 66.9 Å². The number of halogens is 2. The largest absolute Gasteiger partial charge is 0.325 e. The van der Waals surface area contributed by atoms with Crippen LogP contribution in [0.25, 0.3) is 0 Å². The maximum atomic E-state index is 13.6. The zero-order valence-corrected chi connectivity index (χ0v) is 13.9. The average molecular weight is 363 g/mol. The van der Waals surface area contributed by atoms with Crippen molar-refractivity contribution in [1.82, 2.24) is 10.2 Å². The second kappa shape index (κ2) is 7.37. The molecular formula is C16H12ClFN4OS. The van der Waals surface area contributed by atoms with E-state index >= 15 is 0 Å². The third kappa shape index (κ3) is 4.27. The van der Waals surface area contributed by atoms with E-state index in [1.807, 2.05) is 0 Å². The van der Waals surface area contributed by atoms with Crippen LogP contribution >= 0.6 is 22.9 Å². The molecule has 0 saturated carbocycles. The molecule has 122 valence electrons. The molecular weight excluding hydrogens is 351 g/mol. The Kier molecular flexibility index (Phi) is 5.02. The van der Waals surface area contributed by atoms with Gasteiger partial charge in [0.2, 0.25) is 5.13 Å². The van der Waals surface area contributed by atoms with Gasteiger partial charge in [0.05, 0.1) is 0 Å². The van der Waals surface area contributed by atoms with Crippen LogP contribution in [-0.4, -0.2) is 16.2 Å². The number of hydrogen-bond acceptors (Lipinski definition) is 4. The molecule has 24 heavy (non-hydrogen) atoms. The van der Waals surface area contributed by atoms with Gasteiger partial charge in [-0.3, -0.25) is 5.32 Å². The third-order valence-electron chi connectivity index (χ3n) is 3.09. The fourth-order valence-electron chi connectivity index (χ4n) is 1.97. The lowest BCUT2D eigenvalue weighted by atomic mass is 10.1. The highest BCUT2D eigenvalue weighted by molar-refractivity contribution is 7.15. The standard InChI is InChI=1S/C16H12ClFN4OS/c17-11-5-7-12(8-6-11)19-15(23)20-16-22-21-14(24-16)9-10-3-1-2-4-13(10)18/h1-8H,9H2,(H2,19,20,22,23). The van der Waals surface area contributed by atoms with Crippen LogP contribution < -0.4 is 10.6 Å². The molecule has 3 aromatic rings. The van der Waals surface area contributed by atoms with E-state index in [2.05, 4.69) is 20.8 Å². The Bertz CT molecular complexity index is 853. The van der Waals surface area contributed by atoms with E-state index in [1.165, 1.54) is 17.4 Å². The lowest BCUT2D eigenvalue weighted by Gasteiger charge is -2.04. The van der Waals surface area contributed by atoms with Gasteiger partial charge in [0.25, 0.3) is 0 Å². The summed E-state index contributed by atoms with van der Waals surface area (Å²) in [4.78, 5) is 11.9. The number of carbonyl (C=O) groups excluding carboxylic acids is 1. The van der Waals surface area contributed by atoms with Gasteiger partial charge >= 0.3 is 6.03 Å². The minimum absolute atomic E-state index is 0.289. The first-order valence-corrected chi connectivity index (χ1v) is 8.19. The molecule has 0 radical (unpaired) electrons. The first-order chi connectivity index (χ1) is 11.6. The number of amides is 2. The van der Waals surface area contributed by atoms with Gasteiger partial charge in [-0.15, -0.1) is 10.2 Å². The number of nitrogens with zero attached hydrogens (tertiary/aromatic N) is 2. The van der Waals surface area contributed by atoms with Gasteiger partial charge in [0.15, 0.2) is 0 Å². The van der Waals surface area contributed by atoms with Crippen molar-refractivity contribution in [3.63, 3.8) is 0 Å². The first kappa shape index (κ1) is 16.4. The fraction of sp³-hybridized carbons (Fsp3) is 0.0625. The number of hydrogen-bond donors (Lipinski definition) is 2. The summed E-state index contributed by atoms with van der Waals surface area (Å²) in [6.07, 6.45) is 0.324. The van der Waals surface area contributed by atoms with Crippen LogP contribution in [0.5, 0.6) is 0 Å². The van der Waals surface area contributed by atoms with Crippen LogP contribution in [0.1, 0.15) is 10.6 Å². The van der Waals surface area contributed by atoms with Gasteiger partial charge in [-0.25, -0.2) is 9.18 Å². The predicted molar refractivity (Wildman–Crippen MR) is 93.2 cm³/mol. The Hall–Kier alpha value is -2.51. The molecule has 0 fully saturated rings. The summed E-state index contributed by atoms with van der Waals surface area (Å²) in [5.74, 6) is -0.289. The van der Waals surface area contributed by atoms with Crippen LogP contribution in [0.15, 0.2) is 48.5 Å². The minimum Gasteiger partial charge on any atom is -0.308 e. The number of anilines is 2. The molecule has 1 heterocycles. The van der Waals surface area contributed by atoms with E-state index in [1.54, 1.807) is 42.5 Å². The van der Waals surface area contributed by atoms with Crippen molar-refractivity contribution in [1.29, 1.82) is 0 Å². The number of urea groups is 1. The smallest absolute Gasteiger partial charge is 0.308 e. The van der Waals surface area contributed by atoms with Crippen molar-refractivity contribution in [3.8, 4) is 0 Å². The predicted octanol–water partition coefficient (Wildman–Crippen LogP) is 4.57. The van der Waals surface area contributed by atoms with E-state index in [0.29, 0.717) is 32.8 Å². The minimum atomic E-state index is -0.439. The summed E-state index contributed by atoms with van der Waals surface area (Å²) in [6, 6.07) is 12.8. The Morgan fingerprint density at radius 2 is 1.83 bits per heavy atom. The molecule has 8 heteroatoms. The van der Waals surface area contributed by atoms with Gasteiger partial charge in [0.1, 0.15) is 10.8 Å². The normalized spacial score (nSPS) is 10.4. The number of aromatic nitrogens is 2. The average Bonchev–Trinajstić information content (AvgIpc) is 2.99. The molecule has 1 aromatic heterocycles. The summed E-state index contributed by atoms with van der Waals surface area (Å²) >= 11 is 6.98. The monoisotopic (exact) mass is 362 g/mol. The Labute approximate surface area is 146 Å². The third-order valence-corrected chi connectivity index (χ3v) is 4.18. The summed E-state index contributed by atoms with van der Waals surface area (Å²) in [6.45, 7) is 0. The quantitative estimate of drug-likeness (QED) is 0.714. The van der Waals surface area contributed by atoms with Crippen molar-refractivity contribution >= 4 is 39.8 Å². The summed E-state index contributed by atoms with van der Waals surface area (Å²) in [5.41, 5.74) is 1.14. The zero-order valence-electron chi connectivity index (χ0n) is 12.3. The highest BCUT2D eigenvalue weighted by atomic mass is 35.5. The molecule has 2 N–H and O–H groups in total. The van der Waals surface area contributed by atoms with Gasteiger partial charge in [0, 0.05) is 17.1 Å². The van der Waals surface area contributed by atoms with Gasteiger partial charge in [-0.1, -0.05) is 41.1 Å². The maximum absolute atomic E-state index is 13.6. The molecule has 3 rings (SSSR count). The number of rotatable bonds is 4. The SMILES string of the molecule is O=C(Nc1ccc(Cl)cc1)Nc1nnc(Cc2ccccc2F)s1. The summed E-state index contributed by atoms with van der Waals surface area (Å²) in [7, 11) is 0. The molecule has 0 bridgehead atoms. The van der Waals surface area contributed by atoms with E-state index in [-0.39, 0.29) is 5.82 Å². The molecule has 0 saturated heterocycles. The number of nitrogens with one attached hydrogen (secondary N) is 2. The Morgan fingerprint density at radius 1 is 1.08 bits per heavy atom. The van der Waals surface area contributed by atoms with E-state index in [4.69, 9.17) is 11.6 Å². The molecule has 0 unspecified atom stereocenters. The molecule has 0 atom stereocenters. The molecule has 0 aliphatic heterocycles. The lowest BCUT2D eigenvalue weighted by molar-refractivity contribution is 0.262. The summed E-state index contributed by atoms with van der Waals surface area (Å²) in [5, 5.41) is 14.6. The molecule has 2 amide bonds. The van der Waals surface area contributed by atoms with Crippen LogP contribution in [0.3, 0.4) is 0 Å². The molecule has 2 aromatic carbocycles. The van der Waals surface area contributed by atoms with E-state index < -0.39 is 6.03 Å². The molecule has 5 nitrogen and oxygen atoms in total. The van der Waals surface area contributed by atoms with Crippen LogP contribution in [0.4, 0.5) is 20.0 Å². The van der Waals surface area contributed by atoms with Crippen molar-refractivity contribution in [2.24, 2.45) is 0 Å². The van der Waals surface area contributed by atoms with Gasteiger partial charge in [-0.2, -0.15) is 0 Å². The highest BCUT2D eigenvalue weighted by Gasteiger charge is 2.10. The first-order valence-electron chi connectivity index (χ1n) is 6.99. The van der Waals surface area contributed by atoms with Gasteiger partial charge < -0.3 is 5.32 Å². The van der Waals surface area contributed by atoms with Gasteiger partial charge in [-0.05, 0) is 35.9 Å². The highest BCUT2D eigenvalue weighted by Crippen LogP contribution is 2.20. The Morgan fingerprint density at radius 3 is 2.58 bits per heavy atom. The number of benzene rings is 2. The van der Waals surface area contributed by atoms with Crippen molar-refractivity contribution in [2.75, 3.05) is 10.6 Å². The summed E-state index contributed by atoms with van der Waals surface area (Å²) < 4.78 is 13.6. The second-order valence-electron chi connectivity index (χ2n) is 4.86. The van der Waals surface area contributed by atoms with Crippen molar-refractivity contribution < 1.29 is 9.18 Å². The van der Waals surface area contributed by atoms with E-state index in [9.17, 15) is 9.18 Å². The van der Waals surface area contributed by atoms with Crippen molar-refractivity contribution in [3.05, 3.63) is 69.9 Å². The van der Waals surface area contributed by atoms with E-state index in [0.717, 1.165) is 0 Å². The molecule has 0 aliphatic carbocycles. The lowest BCUT2D eigenvalue weighted by Crippen LogP contribution is -2.19. The molecule has 0 spiro atoms. The van der Waals surface area contributed by atoms with Crippen LogP contribution in [0, 0.1) is 5.82 Å². The van der Waals surface area contributed by atoms with Crippen LogP contribution in [-0.2, 0) is 6.42 Å². The van der Waals surface area contributed by atoms with Crippen molar-refractivity contribution in [2.45, 2.75) is 6.42 Å². The van der Waals surface area contributed by atoms with Crippen LogP contribution in [0.2, 0.25) is 5.02 Å². The Balaban J connectivity index is 1.60. The number of carbonyl (C=O) groups is 1. The second-order valence-corrected chi connectivity index (χ2v) is 6.35. The maximum Gasteiger partial charge on any atom is 0.325 e. The zero-order chi connectivity index (χ0) is 16.9. The molecule has 0 aliphatic rings.